The molecule has 6 aromatic rings. The number of hydrogen-bond acceptors (Lipinski definition) is 13. The summed E-state index contributed by atoms with van der Waals surface area (Å²) in [5, 5.41) is 24.2. The van der Waals surface area contributed by atoms with Crippen LogP contribution in [0.15, 0.2) is 107 Å². The fourth-order valence-corrected chi connectivity index (χ4v) is 11.5. The first-order valence-electron chi connectivity index (χ1n) is 24.5. The maximum atomic E-state index is 15.8. The van der Waals surface area contributed by atoms with Gasteiger partial charge >= 0.3 is 18.3 Å². The molecule has 2 amide bonds. The highest BCUT2D eigenvalue weighted by molar-refractivity contribution is 7.93. The maximum absolute atomic E-state index is 15.8. The monoisotopic (exact) mass is 1240 g/mol. The van der Waals surface area contributed by atoms with Gasteiger partial charge in [-0.25, -0.2) is 25.6 Å². The summed E-state index contributed by atoms with van der Waals surface area (Å²) >= 11 is 19.1. The van der Waals surface area contributed by atoms with Gasteiger partial charge in [-0.15, -0.1) is 13.2 Å². The predicted molar refractivity (Wildman–Crippen MR) is 288 cm³/mol. The van der Waals surface area contributed by atoms with E-state index in [0.717, 1.165) is 74.1 Å². The van der Waals surface area contributed by atoms with Gasteiger partial charge in [0.1, 0.15) is 39.5 Å². The molecule has 28 heteroatoms. The number of phenolic OH excluding ortho intramolecular Hbond substituents is 1. The van der Waals surface area contributed by atoms with Gasteiger partial charge in [-0.2, -0.15) is 0 Å². The molecule has 0 spiro atoms. The van der Waals surface area contributed by atoms with Crippen molar-refractivity contribution in [2.24, 2.45) is 0 Å². The summed E-state index contributed by atoms with van der Waals surface area (Å²) in [5.41, 5.74) is -2.27. The summed E-state index contributed by atoms with van der Waals surface area (Å²) in [6.45, 7) is 2.29. The van der Waals surface area contributed by atoms with Crippen molar-refractivity contribution in [2.75, 3.05) is 16.1 Å². The maximum Gasteiger partial charge on any atom is 0.573 e. The first kappa shape index (κ1) is 60.5. The minimum Gasteiger partial charge on any atom is -0.504 e. The quantitative estimate of drug-likeness (QED) is 0.0273. The standard InChI is InChI=1S/C54H46Cl3F5N4O14S2/c1-53(2,64-52(72)30-9-13-44(79-46-25-39(59)32(20-42(46)67)21-49(68)69)41(19-30)66-82(75,76)48-15-11-34(23-37(48)57)80-54(60,61)62)26-77-50(70)22-31-17-35(55)45(24-38(31)58)78-43-12-8-29(51(71)63-33-4-3-5-33)18-40(43)65-81(73,74)47-14-10-28(16-36(47)56)27-6-7-27/h8-20,23-25,27,33,65-67H,3-7,21-22,26H2,1-2H3,(H,63,71)(H,64,72)(H,68,69). The van der Waals surface area contributed by atoms with Crippen molar-refractivity contribution < 1.29 is 87.1 Å². The van der Waals surface area contributed by atoms with E-state index in [1.165, 1.54) is 38.1 Å². The number of aromatic hydroxyl groups is 1. The second-order valence-electron chi connectivity index (χ2n) is 19.6. The van der Waals surface area contributed by atoms with E-state index in [9.17, 15) is 58.7 Å². The van der Waals surface area contributed by atoms with Gasteiger partial charge in [0, 0.05) is 46.5 Å². The second-order valence-corrected chi connectivity index (χ2v) is 24.1. The van der Waals surface area contributed by atoms with Crippen molar-refractivity contribution in [3.05, 3.63) is 152 Å². The molecule has 0 radical (unpaired) electrons. The fourth-order valence-electron chi connectivity index (χ4n) is 8.07. The van der Waals surface area contributed by atoms with Gasteiger partial charge in [0.25, 0.3) is 31.9 Å². The Balaban J connectivity index is 0.961. The van der Waals surface area contributed by atoms with E-state index in [-0.39, 0.29) is 60.8 Å². The van der Waals surface area contributed by atoms with Crippen LogP contribution in [0.3, 0.4) is 0 Å². The number of aliphatic carboxylic acids is 1. The van der Waals surface area contributed by atoms with Crippen LogP contribution in [0.2, 0.25) is 15.1 Å². The molecule has 0 heterocycles. The topological polar surface area (TPSA) is 262 Å². The molecule has 0 bridgehead atoms. The SMILES string of the molecule is CC(C)(COC(=O)Cc1cc(Cl)c(Oc2ccc(C(=O)NC3CCC3)cc2NS(=O)(=O)c2ccc(C3CC3)cc2Cl)cc1F)NC(=O)c1ccc(Oc2cc(F)c(CC(=O)O)cc2O)c(NS(=O)(=O)c2ccc(OC(F)(F)F)cc2Cl)c1. The molecule has 2 aliphatic carbocycles. The van der Waals surface area contributed by atoms with Crippen LogP contribution in [-0.2, 0) is 47.2 Å². The molecule has 0 saturated heterocycles. The molecule has 2 fully saturated rings. The largest absolute Gasteiger partial charge is 0.573 e. The van der Waals surface area contributed by atoms with Crippen LogP contribution in [-0.4, -0.2) is 75.4 Å². The summed E-state index contributed by atoms with van der Waals surface area (Å²) < 4.78 is 150. The predicted octanol–water partition coefficient (Wildman–Crippen LogP) is 11.8. The highest BCUT2D eigenvalue weighted by Gasteiger charge is 2.33. The van der Waals surface area contributed by atoms with E-state index in [2.05, 4.69) is 24.8 Å². The van der Waals surface area contributed by atoms with Crippen molar-refractivity contribution in [3.8, 4) is 34.5 Å². The summed E-state index contributed by atoms with van der Waals surface area (Å²) in [4.78, 5) is 50.3. The minimum atomic E-state index is -5.15. The molecule has 8 rings (SSSR count). The molecular weight excluding hydrogens is 1190 g/mol. The van der Waals surface area contributed by atoms with Gasteiger partial charge in [-0.05, 0) is 130 Å². The number of sulfonamides is 2. The number of carboxylic acids is 1. The number of ether oxygens (including phenoxy) is 4. The lowest BCUT2D eigenvalue weighted by molar-refractivity contribution is -0.274. The van der Waals surface area contributed by atoms with Crippen LogP contribution >= 0.6 is 34.8 Å². The number of anilines is 2. The van der Waals surface area contributed by atoms with Crippen LogP contribution in [0.5, 0.6) is 34.5 Å². The Morgan fingerprint density at radius 1 is 0.646 bits per heavy atom. The number of phenols is 1. The number of halogens is 8. The summed E-state index contributed by atoms with van der Waals surface area (Å²) in [6, 6.07) is 16.7. The zero-order valence-electron chi connectivity index (χ0n) is 42.7. The normalized spacial score (nSPS) is 13.8. The van der Waals surface area contributed by atoms with Crippen LogP contribution in [0.1, 0.15) is 89.3 Å². The summed E-state index contributed by atoms with van der Waals surface area (Å²) in [7, 11) is -9.31. The van der Waals surface area contributed by atoms with Gasteiger partial charge in [0.05, 0.1) is 44.8 Å². The van der Waals surface area contributed by atoms with Crippen molar-refractivity contribution in [1.82, 2.24) is 10.6 Å². The number of amides is 2. The van der Waals surface area contributed by atoms with Crippen molar-refractivity contribution in [2.45, 2.75) is 92.4 Å². The highest BCUT2D eigenvalue weighted by atomic mass is 35.5. The number of carbonyl (C=O) groups excluding carboxylic acids is 3. The first-order chi connectivity index (χ1) is 38.4. The summed E-state index contributed by atoms with van der Waals surface area (Å²) in [5.74, 6) is -9.01. The van der Waals surface area contributed by atoms with E-state index in [0.29, 0.717) is 24.3 Å². The molecule has 0 aromatic heterocycles. The number of nitrogens with one attached hydrogen (secondary N) is 4. The summed E-state index contributed by atoms with van der Waals surface area (Å²) in [6.07, 6.45) is -2.29. The third-order valence-electron chi connectivity index (χ3n) is 12.5. The molecule has 6 aromatic carbocycles. The van der Waals surface area contributed by atoms with Gasteiger partial charge in [-0.1, -0.05) is 40.9 Å². The molecule has 0 atom stereocenters. The highest BCUT2D eigenvalue weighted by Crippen LogP contribution is 2.43. The molecule has 0 aliphatic heterocycles. The van der Waals surface area contributed by atoms with Gasteiger partial charge in [0.2, 0.25) is 0 Å². The third kappa shape index (κ3) is 15.3. The molecular formula is C54H46Cl3F5N4O14S2. The Kier molecular flexibility index (Phi) is 17.8. The molecule has 0 unspecified atom stereocenters. The zero-order chi connectivity index (χ0) is 59.6. The first-order valence-corrected chi connectivity index (χ1v) is 28.6. The Bertz CT molecular complexity index is 3770. The Labute approximate surface area is 479 Å². The van der Waals surface area contributed by atoms with Crippen LogP contribution < -0.4 is 34.3 Å². The fraction of sp³-hybridized carbons (Fsp3) is 0.259. The van der Waals surface area contributed by atoms with E-state index in [1.54, 1.807) is 12.1 Å². The van der Waals surface area contributed by atoms with E-state index < -0.39 is 131 Å². The van der Waals surface area contributed by atoms with E-state index >= 15 is 4.39 Å². The molecule has 18 nitrogen and oxygen atoms in total. The Morgan fingerprint density at radius 2 is 1.20 bits per heavy atom. The van der Waals surface area contributed by atoms with Crippen molar-refractivity contribution in [3.63, 3.8) is 0 Å². The van der Waals surface area contributed by atoms with Gasteiger partial charge < -0.3 is 39.8 Å². The number of esters is 1. The van der Waals surface area contributed by atoms with Crippen molar-refractivity contribution >= 4 is 90.0 Å². The Hall–Kier alpha value is -7.58. The number of rotatable bonds is 22. The average Bonchev–Trinajstić information content (AvgIpc) is 3.62. The van der Waals surface area contributed by atoms with Gasteiger partial charge in [-0.3, -0.25) is 28.6 Å². The molecule has 82 heavy (non-hydrogen) atoms. The van der Waals surface area contributed by atoms with Crippen LogP contribution in [0, 0.1) is 11.6 Å². The number of carbonyl (C=O) groups is 4. The number of alkyl halides is 3. The molecule has 434 valence electrons. The molecule has 6 N–H and O–H groups in total. The molecule has 2 saturated carbocycles. The van der Waals surface area contributed by atoms with Gasteiger partial charge in [0.15, 0.2) is 23.0 Å². The smallest absolute Gasteiger partial charge is 0.504 e. The Morgan fingerprint density at radius 3 is 1.73 bits per heavy atom. The number of carboxylic acid groups (broad SMARTS) is 1. The second kappa shape index (κ2) is 24.1. The third-order valence-corrected chi connectivity index (χ3v) is 16.5. The van der Waals surface area contributed by atoms with E-state index in [4.69, 9.17) is 54.1 Å². The number of benzene rings is 6. The average molecular weight is 1240 g/mol. The van der Waals surface area contributed by atoms with E-state index in [1.807, 2.05) is 0 Å². The minimum absolute atomic E-state index is 0.0312. The lowest BCUT2D eigenvalue weighted by Gasteiger charge is -2.26. The van der Waals surface area contributed by atoms with Crippen LogP contribution in [0.4, 0.5) is 33.3 Å². The van der Waals surface area contributed by atoms with Crippen LogP contribution in [0.25, 0.3) is 0 Å². The lowest BCUT2D eigenvalue weighted by atomic mass is 9.93. The zero-order valence-corrected chi connectivity index (χ0v) is 46.6. The van der Waals surface area contributed by atoms with Crippen molar-refractivity contribution in [1.29, 1.82) is 0 Å². The number of hydrogen-bond donors (Lipinski definition) is 6. The molecule has 2 aliphatic rings. The lowest BCUT2D eigenvalue weighted by Crippen LogP contribution is -2.47.